The van der Waals surface area contributed by atoms with E-state index in [2.05, 4.69) is 5.32 Å². The van der Waals surface area contributed by atoms with E-state index in [0.717, 1.165) is 0 Å². The summed E-state index contributed by atoms with van der Waals surface area (Å²) in [5.41, 5.74) is -0.349. The number of aliphatic hydroxyl groups excluding tert-OH is 3. The van der Waals surface area contributed by atoms with Gasteiger partial charge in [-0.2, -0.15) is 0 Å². The molecule has 4 N–H and O–H groups in total. The Morgan fingerprint density at radius 2 is 1.55 bits per heavy atom. The standard InChI is InChI=1S/C7H17NO3/c1-7(2-4-9,3-5-10)8-6-11/h8-11H,2-6H2,1H3. The van der Waals surface area contributed by atoms with Crippen LogP contribution in [0.2, 0.25) is 0 Å². The highest BCUT2D eigenvalue weighted by molar-refractivity contribution is 4.80. The highest BCUT2D eigenvalue weighted by Crippen LogP contribution is 2.12. The molecule has 0 aliphatic carbocycles. The Balaban J connectivity index is 3.79. The van der Waals surface area contributed by atoms with E-state index in [-0.39, 0.29) is 25.5 Å². The van der Waals surface area contributed by atoms with Gasteiger partial charge in [0, 0.05) is 18.8 Å². The van der Waals surface area contributed by atoms with Crippen molar-refractivity contribution in [3.8, 4) is 0 Å². The molecule has 68 valence electrons. The zero-order valence-corrected chi connectivity index (χ0v) is 6.88. The maximum Gasteiger partial charge on any atom is 0.0935 e. The first-order chi connectivity index (χ1) is 5.18. The van der Waals surface area contributed by atoms with Crippen LogP contribution in [0, 0.1) is 0 Å². The van der Waals surface area contributed by atoms with Crippen molar-refractivity contribution in [2.45, 2.75) is 25.3 Å². The summed E-state index contributed by atoms with van der Waals surface area (Å²) in [6.07, 6.45) is 1.07. The summed E-state index contributed by atoms with van der Waals surface area (Å²) in [6, 6.07) is 0. The van der Waals surface area contributed by atoms with E-state index < -0.39 is 0 Å². The van der Waals surface area contributed by atoms with Crippen LogP contribution in [0.4, 0.5) is 0 Å². The zero-order valence-electron chi connectivity index (χ0n) is 6.88. The predicted molar refractivity (Wildman–Crippen MR) is 42.0 cm³/mol. The Labute approximate surface area is 66.9 Å². The number of aliphatic hydroxyl groups is 3. The summed E-state index contributed by atoms with van der Waals surface area (Å²) in [5, 5.41) is 28.7. The average Bonchev–Trinajstić information content (AvgIpc) is 1.88. The largest absolute Gasteiger partial charge is 0.396 e. The molecule has 0 aromatic rings. The SMILES string of the molecule is CC(CCO)(CCO)NCO. The molecule has 0 aromatic heterocycles. The number of hydrogen-bond acceptors (Lipinski definition) is 4. The van der Waals surface area contributed by atoms with Gasteiger partial charge in [0.15, 0.2) is 0 Å². The van der Waals surface area contributed by atoms with Crippen molar-refractivity contribution in [3.63, 3.8) is 0 Å². The zero-order chi connectivity index (χ0) is 8.74. The van der Waals surface area contributed by atoms with Gasteiger partial charge in [-0.25, -0.2) is 0 Å². The van der Waals surface area contributed by atoms with Crippen molar-refractivity contribution in [3.05, 3.63) is 0 Å². The molecule has 0 heterocycles. The first kappa shape index (κ1) is 10.8. The number of hydrogen-bond donors (Lipinski definition) is 4. The number of nitrogens with one attached hydrogen (secondary N) is 1. The summed E-state index contributed by atoms with van der Waals surface area (Å²) in [7, 11) is 0. The lowest BCUT2D eigenvalue weighted by Crippen LogP contribution is -2.44. The van der Waals surface area contributed by atoms with E-state index in [1.54, 1.807) is 0 Å². The topological polar surface area (TPSA) is 72.7 Å². The van der Waals surface area contributed by atoms with Gasteiger partial charge in [0.05, 0.1) is 6.73 Å². The third kappa shape index (κ3) is 4.31. The Kier molecular flexibility index (Phi) is 5.41. The van der Waals surface area contributed by atoms with E-state index in [1.807, 2.05) is 6.92 Å². The molecule has 0 aliphatic heterocycles. The van der Waals surface area contributed by atoms with Gasteiger partial charge in [-0.1, -0.05) is 0 Å². The van der Waals surface area contributed by atoms with E-state index in [9.17, 15) is 0 Å². The maximum absolute atomic E-state index is 8.65. The molecular weight excluding hydrogens is 146 g/mol. The van der Waals surface area contributed by atoms with Gasteiger partial charge in [-0.05, 0) is 19.8 Å². The molecule has 0 spiro atoms. The second-order valence-electron chi connectivity index (χ2n) is 2.84. The molecule has 0 aromatic carbocycles. The van der Waals surface area contributed by atoms with Crippen LogP contribution >= 0.6 is 0 Å². The fourth-order valence-corrected chi connectivity index (χ4v) is 0.986. The van der Waals surface area contributed by atoms with Crippen LogP contribution in [0.1, 0.15) is 19.8 Å². The van der Waals surface area contributed by atoms with Crippen molar-refractivity contribution >= 4 is 0 Å². The summed E-state index contributed by atoms with van der Waals surface area (Å²) in [5.74, 6) is 0. The molecule has 0 fully saturated rings. The summed E-state index contributed by atoms with van der Waals surface area (Å²) in [4.78, 5) is 0. The Bertz CT molecular complexity index is 80.7. The molecule has 11 heavy (non-hydrogen) atoms. The lowest BCUT2D eigenvalue weighted by Gasteiger charge is -2.28. The van der Waals surface area contributed by atoms with Gasteiger partial charge >= 0.3 is 0 Å². The van der Waals surface area contributed by atoms with E-state index >= 15 is 0 Å². The molecule has 0 aliphatic rings. The third-order valence-electron chi connectivity index (χ3n) is 1.83. The first-order valence-corrected chi connectivity index (χ1v) is 3.76. The molecule has 4 nitrogen and oxygen atoms in total. The Morgan fingerprint density at radius 3 is 1.82 bits per heavy atom. The average molecular weight is 163 g/mol. The third-order valence-corrected chi connectivity index (χ3v) is 1.83. The van der Waals surface area contributed by atoms with Crippen LogP contribution < -0.4 is 5.32 Å². The van der Waals surface area contributed by atoms with Crippen LogP contribution in [0.3, 0.4) is 0 Å². The molecule has 0 atom stereocenters. The van der Waals surface area contributed by atoms with Gasteiger partial charge in [0.2, 0.25) is 0 Å². The normalized spacial score (nSPS) is 12.0. The van der Waals surface area contributed by atoms with Crippen molar-refractivity contribution in [2.24, 2.45) is 0 Å². The van der Waals surface area contributed by atoms with Crippen molar-refractivity contribution in [1.29, 1.82) is 0 Å². The second kappa shape index (κ2) is 5.49. The summed E-state index contributed by atoms with van der Waals surface area (Å²) < 4.78 is 0. The minimum Gasteiger partial charge on any atom is -0.396 e. The molecular formula is C7H17NO3. The quantitative estimate of drug-likeness (QED) is 0.381. The van der Waals surface area contributed by atoms with Crippen LogP contribution in [0.15, 0.2) is 0 Å². The molecule has 4 heteroatoms. The monoisotopic (exact) mass is 163 g/mol. The lowest BCUT2D eigenvalue weighted by molar-refractivity contribution is 0.137. The molecule has 0 saturated heterocycles. The highest BCUT2D eigenvalue weighted by atomic mass is 16.3. The van der Waals surface area contributed by atoms with Crippen LogP contribution in [-0.2, 0) is 0 Å². The fourth-order valence-electron chi connectivity index (χ4n) is 0.986. The van der Waals surface area contributed by atoms with Gasteiger partial charge in [-0.15, -0.1) is 0 Å². The molecule has 0 saturated carbocycles. The molecule has 0 bridgehead atoms. The van der Waals surface area contributed by atoms with Gasteiger partial charge in [0.1, 0.15) is 0 Å². The Hall–Kier alpha value is -0.160. The minimum absolute atomic E-state index is 0.0590. The predicted octanol–water partition coefficient (Wildman–Crippen LogP) is -0.951. The molecule has 0 radical (unpaired) electrons. The molecule has 0 rings (SSSR count). The van der Waals surface area contributed by atoms with Crippen LogP contribution in [-0.4, -0.2) is 40.8 Å². The molecule has 0 amide bonds. The van der Waals surface area contributed by atoms with Crippen molar-refractivity contribution < 1.29 is 15.3 Å². The fraction of sp³-hybridized carbons (Fsp3) is 1.00. The highest BCUT2D eigenvalue weighted by Gasteiger charge is 2.21. The lowest BCUT2D eigenvalue weighted by atomic mass is 9.95. The molecule has 0 unspecified atom stereocenters. The van der Waals surface area contributed by atoms with Crippen molar-refractivity contribution in [1.82, 2.24) is 5.32 Å². The van der Waals surface area contributed by atoms with Crippen molar-refractivity contribution in [2.75, 3.05) is 19.9 Å². The van der Waals surface area contributed by atoms with E-state index in [4.69, 9.17) is 15.3 Å². The minimum atomic E-state index is -0.349. The van der Waals surface area contributed by atoms with E-state index in [0.29, 0.717) is 12.8 Å². The van der Waals surface area contributed by atoms with Crippen LogP contribution in [0.25, 0.3) is 0 Å². The van der Waals surface area contributed by atoms with Gasteiger partial charge in [-0.3, -0.25) is 5.32 Å². The van der Waals surface area contributed by atoms with E-state index in [1.165, 1.54) is 0 Å². The summed E-state index contributed by atoms with van der Waals surface area (Å²) in [6.45, 7) is 1.85. The number of rotatable bonds is 6. The second-order valence-corrected chi connectivity index (χ2v) is 2.84. The summed E-state index contributed by atoms with van der Waals surface area (Å²) >= 11 is 0. The van der Waals surface area contributed by atoms with Gasteiger partial charge < -0.3 is 15.3 Å². The van der Waals surface area contributed by atoms with Gasteiger partial charge in [0.25, 0.3) is 0 Å². The first-order valence-electron chi connectivity index (χ1n) is 3.76. The maximum atomic E-state index is 8.65. The smallest absolute Gasteiger partial charge is 0.0935 e. The van der Waals surface area contributed by atoms with Crippen LogP contribution in [0.5, 0.6) is 0 Å². The Morgan fingerprint density at radius 1 is 1.09 bits per heavy atom.